The summed E-state index contributed by atoms with van der Waals surface area (Å²) in [4.78, 5) is 10.6. The molecule has 0 atom stereocenters. The number of allylic oxidation sites excluding steroid dienone is 1. The zero-order valence-corrected chi connectivity index (χ0v) is 7.81. The predicted octanol–water partition coefficient (Wildman–Crippen LogP) is 2.90. The van der Waals surface area contributed by atoms with E-state index >= 15 is 0 Å². The number of hydrogen-bond acceptors (Lipinski definition) is 1. The Labute approximate surface area is 81.1 Å². The molecule has 0 radical (unpaired) electrons. The van der Waals surface area contributed by atoms with Crippen LogP contribution in [0.15, 0.2) is 24.3 Å². The van der Waals surface area contributed by atoms with Crippen molar-refractivity contribution in [3.63, 3.8) is 0 Å². The van der Waals surface area contributed by atoms with Gasteiger partial charge in [-0.1, -0.05) is 12.2 Å². The second-order valence-electron chi connectivity index (χ2n) is 3.21. The molecule has 0 aliphatic rings. The Bertz CT molecular complexity index is 383. The summed E-state index contributed by atoms with van der Waals surface area (Å²) in [6.45, 7) is 5.33. The van der Waals surface area contributed by atoms with Crippen molar-refractivity contribution in [2.24, 2.45) is 0 Å². The van der Waals surface area contributed by atoms with Gasteiger partial charge in [0.25, 0.3) is 0 Å². The molecule has 1 aromatic carbocycles. The molecule has 0 unspecified atom stereocenters. The maximum Gasteiger partial charge on any atom is 0.150 e. The third-order valence-electron chi connectivity index (χ3n) is 1.80. The van der Waals surface area contributed by atoms with Gasteiger partial charge >= 0.3 is 0 Å². The number of carbonyl (C=O) groups excluding carboxylic acids is 1. The molecule has 0 aliphatic heterocycles. The Morgan fingerprint density at radius 2 is 2.14 bits per heavy atom. The first-order valence-corrected chi connectivity index (χ1v) is 4.12. The molecule has 3 heteroatoms. The molecule has 0 saturated carbocycles. The molecule has 0 bridgehead atoms. The average Bonchev–Trinajstić information content (AvgIpc) is 2.08. The minimum Gasteiger partial charge on any atom is -0.298 e. The largest absolute Gasteiger partial charge is 0.298 e. The average molecular weight is 196 g/mol. The van der Waals surface area contributed by atoms with E-state index in [0.29, 0.717) is 6.29 Å². The Balaban J connectivity index is 3.24. The van der Waals surface area contributed by atoms with E-state index in [1.165, 1.54) is 0 Å². The molecule has 0 heterocycles. The van der Waals surface area contributed by atoms with Crippen LogP contribution >= 0.6 is 0 Å². The van der Waals surface area contributed by atoms with E-state index in [4.69, 9.17) is 0 Å². The standard InChI is InChI=1S/C11H10F2O/c1-7(2)3-10-8(6-14)4-9(12)5-11(10)13/h4-6H,1,3H2,2H3. The van der Waals surface area contributed by atoms with Crippen LogP contribution < -0.4 is 0 Å². The molecule has 0 saturated heterocycles. The van der Waals surface area contributed by atoms with Crippen LogP contribution in [-0.2, 0) is 6.42 Å². The van der Waals surface area contributed by atoms with E-state index in [1.54, 1.807) is 6.92 Å². The van der Waals surface area contributed by atoms with Gasteiger partial charge in [-0.3, -0.25) is 4.79 Å². The van der Waals surface area contributed by atoms with Gasteiger partial charge in [0, 0.05) is 17.2 Å². The van der Waals surface area contributed by atoms with Crippen molar-refractivity contribution < 1.29 is 13.6 Å². The zero-order valence-electron chi connectivity index (χ0n) is 7.81. The van der Waals surface area contributed by atoms with Gasteiger partial charge in [-0.2, -0.15) is 0 Å². The lowest BCUT2D eigenvalue weighted by molar-refractivity contribution is 0.112. The molecule has 0 aromatic heterocycles. The summed E-state index contributed by atoms with van der Waals surface area (Å²) in [7, 11) is 0. The van der Waals surface area contributed by atoms with Crippen LogP contribution in [-0.4, -0.2) is 6.29 Å². The second kappa shape index (κ2) is 4.13. The molecule has 0 aliphatic carbocycles. The highest BCUT2D eigenvalue weighted by Gasteiger charge is 2.10. The topological polar surface area (TPSA) is 17.1 Å². The van der Waals surface area contributed by atoms with Gasteiger partial charge in [0.15, 0.2) is 6.29 Å². The summed E-state index contributed by atoms with van der Waals surface area (Å²) in [5.41, 5.74) is 0.970. The minimum absolute atomic E-state index is 0.0468. The van der Waals surface area contributed by atoms with E-state index in [0.717, 1.165) is 17.7 Å². The van der Waals surface area contributed by atoms with Crippen LogP contribution in [0, 0.1) is 11.6 Å². The molecule has 1 nitrogen and oxygen atoms in total. The van der Waals surface area contributed by atoms with E-state index in [1.807, 2.05) is 0 Å². The third-order valence-corrected chi connectivity index (χ3v) is 1.80. The highest BCUT2D eigenvalue weighted by molar-refractivity contribution is 5.77. The maximum absolute atomic E-state index is 13.2. The van der Waals surface area contributed by atoms with Crippen LogP contribution in [0.3, 0.4) is 0 Å². The Hall–Kier alpha value is -1.51. The normalized spacial score (nSPS) is 9.93. The third kappa shape index (κ3) is 2.25. The van der Waals surface area contributed by atoms with E-state index < -0.39 is 11.6 Å². The van der Waals surface area contributed by atoms with Gasteiger partial charge in [-0.15, -0.1) is 0 Å². The number of aldehydes is 1. The van der Waals surface area contributed by atoms with E-state index in [-0.39, 0.29) is 17.5 Å². The first kappa shape index (κ1) is 10.6. The fourth-order valence-electron chi connectivity index (χ4n) is 1.22. The minimum atomic E-state index is -0.741. The zero-order chi connectivity index (χ0) is 10.7. The summed E-state index contributed by atoms with van der Waals surface area (Å²) in [6, 6.07) is 1.79. The summed E-state index contributed by atoms with van der Waals surface area (Å²) < 4.78 is 25.9. The molecule has 0 spiro atoms. The van der Waals surface area contributed by atoms with Crippen molar-refractivity contribution in [2.75, 3.05) is 0 Å². The van der Waals surface area contributed by atoms with Gasteiger partial charge in [-0.05, 0) is 19.4 Å². The second-order valence-corrected chi connectivity index (χ2v) is 3.21. The summed E-state index contributed by atoms with van der Waals surface area (Å²) >= 11 is 0. The highest BCUT2D eigenvalue weighted by Crippen LogP contribution is 2.17. The van der Waals surface area contributed by atoms with Crippen molar-refractivity contribution in [3.05, 3.63) is 47.0 Å². The first-order valence-electron chi connectivity index (χ1n) is 4.12. The van der Waals surface area contributed by atoms with Gasteiger partial charge in [-0.25, -0.2) is 8.78 Å². The van der Waals surface area contributed by atoms with Crippen molar-refractivity contribution in [1.29, 1.82) is 0 Å². The lowest BCUT2D eigenvalue weighted by Gasteiger charge is -2.06. The van der Waals surface area contributed by atoms with Crippen molar-refractivity contribution in [3.8, 4) is 0 Å². The fraction of sp³-hybridized carbons (Fsp3) is 0.182. The molecular weight excluding hydrogens is 186 g/mol. The van der Waals surface area contributed by atoms with Crippen molar-refractivity contribution in [2.45, 2.75) is 13.3 Å². The lowest BCUT2D eigenvalue weighted by Crippen LogP contribution is -1.99. The highest BCUT2D eigenvalue weighted by atomic mass is 19.1. The molecular formula is C11H10F2O. The number of halogens is 2. The smallest absolute Gasteiger partial charge is 0.150 e. The van der Waals surface area contributed by atoms with Crippen LogP contribution in [0.25, 0.3) is 0 Å². The van der Waals surface area contributed by atoms with Gasteiger partial charge in [0.2, 0.25) is 0 Å². The molecule has 0 amide bonds. The SMILES string of the molecule is C=C(C)Cc1c(F)cc(F)cc1C=O. The maximum atomic E-state index is 13.2. The summed E-state index contributed by atoms with van der Waals surface area (Å²) in [5.74, 6) is -1.44. The lowest BCUT2D eigenvalue weighted by atomic mass is 10.0. The molecule has 14 heavy (non-hydrogen) atoms. The monoisotopic (exact) mass is 196 g/mol. The van der Waals surface area contributed by atoms with Crippen molar-refractivity contribution >= 4 is 6.29 Å². The number of benzene rings is 1. The molecule has 1 aromatic rings. The summed E-state index contributed by atoms with van der Waals surface area (Å²) in [5, 5.41) is 0. The van der Waals surface area contributed by atoms with Gasteiger partial charge < -0.3 is 0 Å². The molecule has 74 valence electrons. The summed E-state index contributed by atoms with van der Waals surface area (Å²) in [6.07, 6.45) is 0.699. The van der Waals surface area contributed by atoms with Crippen LogP contribution in [0.5, 0.6) is 0 Å². The van der Waals surface area contributed by atoms with Crippen LogP contribution in [0.2, 0.25) is 0 Å². The van der Waals surface area contributed by atoms with E-state index in [2.05, 4.69) is 6.58 Å². The Kier molecular flexibility index (Phi) is 3.12. The van der Waals surface area contributed by atoms with Gasteiger partial charge in [0.1, 0.15) is 11.6 Å². The van der Waals surface area contributed by atoms with Crippen LogP contribution in [0.4, 0.5) is 8.78 Å². The van der Waals surface area contributed by atoms with E-state index in [9.17, 15) is 13.6 Å². The van der Waals surface area contributed by atoms with Crippen molar-refractivity contribution in [1.82, 2.24) is 0 Å². The van der Waals surface area contributed by atoms with Crippen LogP contribution in [0.1, 0.15) is 22.8 Å². The number of carbonyl (C=O) groups is 1. The molecule has 0 fully saturated rings. The molecule has 0 N–H and O–H groups in total. The number of hydrogen-bond donors (Lipinski definition) is 0. The Morgan fingerprint density at radius 1 is 1.50 bits per heavy atom. The fourth-order valence-corrected chi connectivity index (χ4v) is 1.22. The quantitative estimate of drug-likeness (QED) is 0.536. The predicted molar refractivity (Wildman–Crippen MR) is 50.3 cm³/mol. The molecule has 1 rings (SSSR count). The first-order chi connectivity index (χ1) is 6.54. The van der Waals surface area contributed by atoms with Gasteiger partial charge in [0.05, 0.1) is 0 Å². The number of rotatable bonds is 3. The Morgan fingerprint density at radius 3 is 2.64 bits per heavy atom.